The number of fused-ring (bicyclic) bond motifs is 2. The minimum Gasteiger partial charge on any atom is -0.466 e. The van der Waals surface area contributed by atoms with Crippen molar-refractivity contribution in [1.82, 2.24) is 0 Å². The molecule has 2 rings (SSSR count). The van der Waals surface area contributed by atoms with E-state index in [1.807, 2.05) is 13.8 Å². The molecule has 0 aromatic heterocycles. The molecule has 1 saturated carbocycles. The van der Waals surface area contributed by atoms with Gasteiger partial charge in [-0.3, -0.25) is 9.59 Å². The van der Waals surface area contributed by atoms with Crippen LogP contribution in [-0.2, 0) is 28.6 Å². The van der Waals surface area contributed by atoms with Crippen molar-refractivity contribution in [2.75, 3.05) is 13.2 Å². The summed E-state index contributed by atoms with van der Waals surface area (Å²) >= 11 is 0. The monoisotopic (exact) mass is 392 g/mol. The van der Waals surface area contributed by atoms with E-state index in [0.717, 1.165) is 42.9 Å². The van der Waals surface area contributed by atoms with Crippen molar-refractivity contribution < 1.29 is 28.6 Å². The van der Waals surface area contributed by atoms with Gasteiger partial charge in [-0.25, -0.2) is 4.79 Å². The summed E-state index contributed by atoms with van der Waals surface area (Å²) in [4.78, 5) is 37.8. The quantitative estimate of drug-likeness (QED) is 0.185. The summed E-state index contributed by atoms with van der Waals surface area (Å²) in [5, 5.41) is 0. The van der Waals surface area contributed by atoms with Gasteiger partial charge in [0.2, 0.25) is 0 Å². The molecular formula is C22H32O6. The van der Waals surface area contributed by atoms with E-state index in [2.05, 4.69) is 13.5 Å². The van der Waals surface area contributed by atoms with Gasteiger partial charge in [-0.1, -0.05) is 38.3 Å². The summed E-state index contributed by atoms with van der Waals surface area (Å²) in [5.74, 6) is -3.35. The van der Waals surface area contributed by atoms with Gasteiger partial charge >= 0.3 is 17.9 Å². The average molecular weight is 392 g/mol. The van der Waals surface area contributed by atoms with Crippen LogP contribution in [-0.4, -0.2) is 36.7 Å². The maximum Gasteiger partial charge on any atom is 0.331 e. The molecule has 0 aliphatic heterocycles. The number of allylic oxidation sites excluding steroid dienone is 1. The molecule has 4 unspecified atom stereocenters. The van der Waals surface area contributed by atoms with Crippen LogP contribution in [0, 0.1) is 17.8 Å². The van der Waals surface area contributed by atoms with E-state index in [9.17, 15) is 14.4 Å². The van der Waals surface area contributed by atoms with Gasteiger partial charge in [-0.15, -0.1) is 0 Å². The van der Waals surface area contributed by atoms with Gasteiger partial charge in [-0.05, 0) is 45.1 Å². The summed E-state index contributed by atoms with van der Waals surface area (Å²) in [5.41, 5.74) is 0.626. The van der Waals surface area contributed by atoms with Gasteiger partial charge in [0.15, 0.2) is 0 Å². The van der Waals surface area contributed by atoms with Crippen molar-refractivity contribution in [2.24, 2.45) is 17.8 Å². The van der Waals surface area contributed by atoms with Crippen LogP contribution in [0.25, 0.3) is 0 Å². The van der Waals surface area contributed by atoms with Gasteiger partial charge in [0.25, 0.3) is 0 Å². The lowest BCUT2D eigenvalue weighted by atomic mass is 9.74. The summed E-state index contributed by atoms with van der Waals surface area (Å²) < 4.78 is 16.5. The summed E-state index contributed by atoms with van der Waals surface area (Å²) in [6.45, 7) is 11.6. The zero-order valence-electron chi connectivity index (χ0n) is 17.4. The highest BCUT2D eigenvalue weighted by Gasteiger charge is 2.67. The average Bonchev–Trinajstić information content (AvgIpc) is 3.13. The van der Waals surface area contributed by atoms with Crippen LogP contribution < -0.4 is 0 Å². The van der Waals surface area contributed by atoms with Crippen LogP contribution >= 0.6 is 0 Å². The Labute approximate surface area is 167 Å². The molecule has 0 saturated heterocycles. The third kappa shape index (κ3) is 4.01. The molecule has 156 valence electrons. The SMILES string of the molecule is C=CC(=O)OC12CC(C(C)=C1C)C(C(=O)OCC)C2C(=O)OCCCCCC. The third-order valence-electron chi connectivity index (χ3n) is 6.10. The van der Waals surface area contributed by atoms with Gasteiger partial charge in [-0.2, -0.15) is 0 Å². The van der Waals surface area contributed by atoms with Crippen molar-refractivity contribution in [2.45, 2.75) is 65.4 Å². The highest BCUT2D eigenvalue weighted by Crippen LogP contribution is 2.60. The third-order valence-corrected chi connectivity index (χ3v) is 6.10. The second-order valence-electron chi connectivity index (χ2n) is 7.62. The van der Waals surface area contributed by atoms with E-state index in [-0.39, 0.29) is 12.5 Å². The smallest absolute Gasteiger partial charge is 0.331 e. The Balaban J connectivity index is 2.31. The largest absolute Gasteiger partial charge is 0.466 e. The Morgan fingerprint density at radius 2 is 1.82 bits per heavy atom. The fourth-order valence-corrected chi connectivity index (χ4v) is 4.59. The van der Waals surface area contributed by atoms with Crippen molar-refractivity contribution in [1.29, 1.82) is 0 Å². The number of hydrogen-bond donors (Lipinski definition) is 0. The van der Waals surface area contributed by atoms with E-state index < -0.39 is 35.3 Å². The fourth-order valence-electron chi connectivity index (χ4n) is 4.59. The van der Waals surface area contributed by atoms with Crippen molar-refractivity contribution >= 4 is 17.9 Å². The molecule has 0 radical (unpaired) electrons. The van der Waals surface area contributed by atoms with Crippen LogP contribution in [0.2, 0.25) is 0 Å². The molecule has 2 bridgehead atoms. The minimum absolute atomic E-state index is 0.200. The number of hydrogen-bond acceptors (Lipinski definition) is 6. The molecule has 0 N–H and O–H groups in total. The zero-order chi connectivity index (χ0) is 20.9. The van der Waals surface area contributed by atoms with E-state index in [0.29, 0.717) is 13.0 Å². The van der Waals surface area contributed by atoms with Gasteiger partial charge in [0.1, 0.15) is 11.5 Å². The second-order valence-corrected chi connectivity index (χ2v) is 7.62. The number of esters is 3. The number of ether oxygens (including phenoxy) is 3. The molecule has 0 amide bonds. The standard InChI is InChI=1S/C22H32O6/c1-6-9-10-11-12-27-21(25)19-18(20(24)26-8-3)16-13-22(19,15(5)14(16)4)28-17(23)7-2/h7,16,18-19H,2,6,8-13H2,1,3-5H3. The van der Waals surface area contributed by atoms with Gasteiger partial charge in [0, 0.05) is 6.08 Å². The van der Waals surface area contributed by atoms with Crippen LogP contribution in [0.5, 0.6) is 0 Å². The Bertz CT molecular complexity index is 664. The lowest BCUT2D eigenvalue weighted by Gasteiger charge is -2.37. The topological polar surface area (TPSA) is 78.9 Å². The number of carbonyl (C=O) groups is 3. The molecule has 4 atom stereocenters. The Hall–Kier alpha value is -2.11. The maximum atomic E-state index is 13.0. The first-order chi connectivity index (χ1) is 13.3. The highest BCUT2D eigenvalue weighted by molar-refractivity contribution is 5.88. The van der Waals surface area contributed by atoms with E-state index in [1.165, 1.54) is 0 Å². The van der Waals surface area contributed by atoms with Crippen molar-refractivity contribution in [3.8, 4) is 0 Å². The van der Waals surface area contributed by atoms with E-state index >= 15 is 0 Å². The molecule has 6 heteroatoms. The predicted molar refractivity (Wildman–Crippen MR) is 104 cm³/mol. The summed E-state index contributed by atoms with van der Waals surface area (Å²) in [6, 6.07) is 0. The fraction of sp³-hybridized carbons (Fsp3) is 0.682. The Kier molecular flexibility index (Phi) is 7.44. The molecular weight excluding hydrogens is 360 g/mol. The van der Waals surface area contributed by atoms with E-state index in [1.54, 1.807) is 6.92 Å². The first kappa shape index (κ1) is 22.2. The van der Waals surface area contributed by atoms with Crippen LogP contribution in [0.1, 0.15) is 59.8 Å². The van der Waals surface area contributed by atoms with Crippen molar-refractivity contribution in [3.63, 3.8) is 0 Å². The first-order valence-electron chi connectivity index (χ1n) is 10.2. The molecule has 0 aromatic rings. The molecule has 0 heterocycles. The van der Waals surface area contributed by atoms with Crippen LogP contribution in [0.15, 0.2) is 23.8 Å². The van der Waals surface area contributed by atoms with Crippen LogP contribution in [0.3, 0.4) is 0 Å². The molecule has 0 spiro atoms. The lowest BCUT2D eigenvalue weighted by molar-refractivity contribution is -0.173. The van der Waals surface area contributed by atoms with Gasteiger partial charge < -0.3 is 14.2 Å². The second kappa shape index (κ2) is 9.39. The molecule has 0 aromatic carbocycles. The summed E-state index contributed by atoms with van der Waals surface area (Å²) in [7, 11) is 0. The Morgan fingerprint density at radius 1 is 1.11 bits per heavy atom. The molecule has 2 aliphatic carbocycles. The first-order valence-corrected chi connectivity index (χ1v) is 10.2. The minimum atomic E-state index is -1.17. The van der Waals surface area contributed by atoms with Gasteiger partial charge in [0.05, 0.1) is 19.1 Å². The predicted octanol–water partition coefficient (Wildman–Crippen LogP) is 3.74. The number of carbonyl (C=O) groups excluding carboxylic acids is 3. The zero-order valence-corrected chi connectivity index (χ0v) is 17.4. The number of unbranched alkanes of at least 4 members (excludes halogenated alkanes) is 3. The Morgan fingerprint density at radius 3 is 2.43 bits per heavy atom. The maximum absolute atomic E-state index is 13.0. The van der Waals surface area contributed by atoms with Crippen molar-refractivity contribution in [3.05, 3.63) is 23.8 Å². The lowest BCUT2D eigenvalue weighted by Crippen LogP contribution is -2.49. The highest BCUT2D eigenvalue weighted by atomic mass is 16.6. The molecule has 2 aliphatic rings. The summed E-state index contributed by atoms with van der Waals surface area (Å²) in [6.07, 6.45) is 5.39. The number of rotatable bonds is 10. The molecule has 1 fully saturated rings. The molecule has 28 heavy (non-hydrogen) atoms. The molecule has 6 nitrogen and oxygen atoms in total. The normalized spacial score (nSPS) is 28.2. The van der Waals surface area contributed by atoms with Crippen LogP contribution in [0.4, 0.5) is 0 Å². The van der Waals surface area contributed by atoms with E-state index in [4.69, 9.17) is 14.2 Å².